The van der Waals surface area contributed by atoms with Gasteiger partial charge in [0.05, 0.1) is 5.56 Å². The van der Waals surface area contributed by atoms with Gasteiger partial charge in [0.1, 0.15) is 0 Å². The van der Waals surface area contributed by atoms with E-state index in [4.69, 9.17) is 0 Å². The Bertz CT molecular complexity index is 456. The molecule has 1 fully saturated rings. The Morgan fingerprint density at radius 3 is 2.58 bits per heavy atom. The van der Waals surface area contributed by atoms with Crippen molar-refractivity contribution in [3.8, 4) is 0 Å². The number of hydrogen-bond donors (Lipinski definition) is 0. The zero-order valence-corrected chi connectivity index (χ0v) is 10.5. The van der Waals surface area contributed by atoms with Gasteiger partial charge in [-0.25, -0.2) is 0 Å². The van der Waals surface area contributed by atoms with Crippen molar-refractivity contribution in [2.75, 3.05) is 6.54 Å². The van der Waals surface area contributed by atoms with Crippen LogP contribution in [0, 0.1) is 0 Å². The van der Waals surface area contributed by atoms with Gasteiger partial charge in [0.15, 0.2) is 0 Å². The average Bonchev–Trinajstić information content (AvgIpc) is 2.54. The summed E-state index contributed by atoms with van der Waals surface area (Å²) in [7, 11) is 0. The van der Waals surface area contributed by atoms with E-state index in [0.717, 1.165) is 25.3 Å². The van der Waals surface area contributed by atoms with Gasteiger partial charge in [0.25, 0.3) is 0 Å². The maximum absolute atomic E-state index is 12.9. The van der Waals surface area contributed by atoms with E-state index in [1.165, 1.54) is 17.0 Å². The zero-order valence-electron chi connectivity index (χ0n) is 10.5. The summed E-state index contributed by atoms with van der Waals surface area (Å²) in [4.78, 5) is 13.4. The lowest BCUT2D eigenvalue weighted by atomic mass is 10.1. The molecule has 1 amide bonds. The normalized spacial score (nSPS) is 17.4. The second-order valence-corrected chi connectivity index (χ2v) is 4.78. The van der Waals surface area contributed by atoms with Crippen molar-refractivity contribution in [3.05, 3.63) is 35.4 Å². The molecule has 0 radical (unpaired) electrons. The number of alkyl halides is 3. The minimum atomic E-state index is -4.37. The van der Waals surface area contributed by atoms with Gasteiger partial charge in [-0.1, -0.05) is 24.6 Å². The first-order chi connectivity index (χ1) is 8.98. The largest absolute Gasteiger partial charge is 0.416 e. The number of carbonyl (C=O) groups is 1. The third-order valence-corrected chi connectivity index (χ3v) is 3.36. The molecule has 2 nitrogen and oxygen atoms in total. The Morgan fingerprint density at radius 2 is 1.84 bits per heavy atom. The highest BCUT2D eigenvalue weighted by Gasteiger charge is 2.33. The van der Waals surface area contributed by atoms with Crippen LogP contribution in [0.1, 0.15) is 36.8 Å². The molecule has 0 atom stereocenters. The molecule has 0 aliphatic carbocycles. The summed E-state index contributed by atoms with van der Waals surface area (Å²) in [6.45, 7) is 0.597. The summed E-state index contributed by atoms with van der Waals surface area (Å²) in [6, 6.07) is 5.46. The predicted octanol–water partition coefficient (Wildman–Crippen LogP) is 3.61. The van der Waals surface area contributed by atoms with Crippen molar-refractivity contribution in [2.45, 2.75) is 38.4 Å². The highest BCUT2D eigenvalue weighted by Crippen LogP contribution is 2.32. The predicted molar refractivity (Wildman–Crippen MR) is 65.3 cm³/mol. The average molecular weight is 271 g/mol. The van der Waals surface area contributed by atoms with Crippen LogP contribution in [-0.2, 0) is 17.5 Å². The summed E-state index contributed by atoms with van der Waals surface area (Å²) >= 11 is 0. The Morgan fingerprint density at radius 1 is 1.11 bits per heavy atom. The molecule has 19 heavy (non-hydrogen) atoms. The van der Waals surface area contributed by atoms with Crippen LogP contribution in [0.4, 0.5) is 13.2 Å². The fraction of sp³-hybridized carbons (Fsp3) is 0.500. The lowest BCUT2D eigenvalue weighted by Crippen LogP contribution is -2.30. The second kappa shape index (κ2) is 5.63. The van der Waals surface area contributed by atoms with Crippen LogP contribution in [0.5, 0.6) is 0 Å². The maximum Gasteiger partial charge on any atom is 0.416 e. The van der Waals surface area contributed by atoms with Gasteiger partial charge in [-0.2, -0.15) is 13.2 Å². The Balaban J connectivity index is 2.20. The van der Waals surface area contributed by atoms with Crippen LogP contribution in [0.15, 0.2) is 24.3 Å². The minimum Gasteiger partial charge on any atom is -0.338 e. The second-order valence-electron chi connectivity index (χ2n) is 4.78. The van der Waals surface area contributed by atoms with Crippen molar-refractivity contribution >= 4 is 5.91 Å². The van der Waals surface area contributed by atoms with Gasteiger partial charge in [0, 0.05) is 19.5 Å². The van der Waals surface area contributed by atoms with E-state index in [-0.39, 0.29) is 18.0 Å². The molecule has 1 aromatic carbocycles. The van der Waals surface area contributed by atoms with E-state index in [1.54, 1.807) is 6.07 Å². The van der Waals surface area contributed by atoms with Gasteiger partial charge < -0.3 is 4.90 Å². The SMILES string of the molecule is O=C1CCCCCN1Cc1ccccc1C(F)(F)F. The van der Waals surface area contributed by atoms with Crippen molar-refractivity contribution in [1.29, 1.82) is 0 Å². The van der Waals surface area contributed by atoms with Gasteiger partial charge in [0.2, 0.25) is 5.91 Å². The van der Waals surface area contributed by atoms with Crippen molar-refractivity contribution in [3.63, 3.8) is 0 Å². The topological polar surface area (TPSA) is 20.3 Å². The number of rotatable bonds is 2. The van der Waals surface area contributed by atoms with Crippen LogP contribution in [0.25, 0.3) is 0 Å². The molecule has 104 valence electrons. The lowest BCUT2D eigenvalue weighted by Gasteiger charge is -2.22. The zero-order chi connectivity index (χ0) is 13.9. The molecule has 2 rings (SSSR count). The van der Waals surface area contributed by atoms with E-state index < -0.39 is 11.7 Å². The molecule has 0 spiro atoms. The molecule has 0 bridgehead atoms. The van der Waals surface area contributed by atoms with E-state index in [2.05, 4.69) is 0 Å². The molecule has 1 heterocycles. The molecule has 0 aromatic heterocycles. The number of hydrogen-bond acceptors (Lipinski definition) is 1. The van der Waals surface area contributed by atoms with E-state index in [9.17, 15) is 18.0 Å². The number of benzene rings is 1. The van der Waals surface area contributed by atoms with E-state index >= 15 is 0 Å². The standard InChI is InChI=1S/C14H16F3NO/c15-14(16,17)12-7-4-3-6-11(12)10-18-9-5-1-2-8-13(18)19/h3-4,6-7H,1-2,5,8-10H2. The van der Waals surface area contributed by atoms with Gasteiger partial charge in [-0.3, -0.25) is 4.79 Å². The monoisotopic (exact) mass is 271 g/mol. The first-order valence-electron chi connectivity index (χ1n) is 6.41. The maximum atomic E-state index is 12.9. The highest BCUT2D eigenvalue weighted by atomic mass is 19.4. The highest BCUT2D eigenvalue weighted by molar-refractivity contribution is 5.76. The van der Waals surface area contributed by atoms with Gasteiger partial charge in [-0.05, 0) is 24.5 Å². The number of nitrogens with zero attached hydrogens (tertiary/aromatic N) is 1. The van der Waals surface area contributed by atoms with Crippen LogP contribution in [-0.4, -0.2) is 17.4 Å². The van der Waals surface area contributed by atoms with Crippen molar-refractivity contribution < 1.29 is 18.0 Å². The Kier molecular flexibility index (Phi) is 4.12. The Labute approximate surface area is 110 Å². The molecular weight excluding hydrogens is 255 g/mol. The molecule has 0 saturated carbocycles. The quantitative estimate of drug-likeness (QED) is 0.804. The lowest BCUT2D eigenvalue weighted by molar-refractivity contribution is -0.139. The molecular formula is C14H16F3NO. The number of amides is 1. The summed E-state index contributed by atoms with van der Waals surface area (Å²) in [5, 5.41) is 0. The van der Waals surface area contributed by atoms with E-state index in [1.807, 2.05) is 0 Å². The molecule has 1 aliphatic rings. The van der Waals surface area contributed by atoms with Gasteiger partial charge in [-0.15, -0.1) is 0 Å². The Hall–Kier alpha value is -1.52. The van der Waals surface area contributed by atoms with Crippen LogP contribution in [0.3, 0.4) is 0 Å². The molecule has 0 unspecified atom stereocenters. The first kappa shape index (κ1) is 13.9. The van der Waals surface area contributed by atoms with Crippen molar-refractivity contribution in [2.24, 2.45) is 0 Å². The molecule has 5 heteroatoms. The molecule has 1 aliphatic heterocycles. The number of halogens is 3. The van der Waals surface area contributed by atoms with Crippen LogP contribution < -0.4 is 0 Å². The van der Waals surface area contributed by atoms with Crippen LogP contribution >= 0.6 is 0 Å². The summed E-state index contributed by atoms with van der Waals surface area (Å²) in [5.41, 5.74) is -0.475. The summed E-state index contributed by atoms with van der Waals surface area (Å²) in [6.07, 6.45) is -1.28. The number of likely N-dealkylation sites (tertiary alicyclic amines) is 1. The van der Waals surface area contributed by atoms with E-state index in [0.29, 0.717) is 13.0 Å². The van der Waals surface area contributed by atoms with Gasteiger partial charge >= 0.3 is 6.18 Å². The third kappa shape index (κ3) is 3.49. The molecule has 0 N–H and O–H groups in total. The number of carbonyl (C=O) groups excluding carboxylic acids is 1. The fourth-order valence-corrected chi connectivity index (χ4v) is 2.35. The smallest absolute Gasteiger partial charge is 0.338 e. The minimum absolute atomic E-state index is 0.0468. The summed E-state index contributed by atoms with van der Waals surface area (Å²) < 4.78 is 38.6. The first-order valence-corrected chi connectivity index (χ1v) is 6.41. The van der Waals surface area contributed by atoms with Crippen LogP contribution in [0.2, 0.25) is 0 Å². The summed E-state index contributed by atoms with van der Waals surface area (Å²) in [5.74, 6) is -0.0468. The third-order valence-electron chi connectivity index (χ3n) is 3.36. The fourth-order valence-electron chi connectivity index (χ4n) is 2.35. The molecule has 1 saturated heterocycles. The molecule has 1 aromatic rings. The van der Waals surface area contributed by atoms with Crippen molar-refractivity contribution in [1.82, 2.24) is 4.90 Å².